The van der Waals surface area contributed by atoms with Crippen LogP contribution in [0.2, 0.25) is 0 Å². The van der Waals surface area contributed by atoms with Crippen LogP contribution >= 0.6 is 27.3 Å². The number of carbonyl (C=O) groups excluding carboxylic acids is 2. The number of Topliss-reactive ketones (excluding diaryl/α,β-unsaturated/α-hetero) is 1. The minimum Gasteiger partial charge on any atom is -0.326 e. The third-order valence-corrected chi connectivity index (χ3v) is 4.85. The first-order valence-corrected chi connectivity index (χ1v) is 8.36. The summed E-state index contributed by atoms with van der Waals surface area (Å²) in [4.78, 5) is 24.4. The largest absolute Gasteiger partial charge is 0.326 e. The van der Waals surface area contributed by atoms with E-state index < -0.39 is 0 Å². The topological polar surface area (TPSA) is 46.2 Å². The molecule has 0 bridgehead atoms. The number of aryl methyl sites for hydroxylation is 1. The predicted molar refractivity (Wildman–Crippen MR) is 90.0 cm³/mol. The van der Waals surface area contributed by atoms with Crippen molar-refractivity contribution in [1.29, 1.82) is 0 Å². The van der Waals surface area contributed by atoms with E-state index in [-0.39, 0.29) is 11.7 Å². The summed E-state index contributed by atoms with van der Waals surface area (Å²) in [5.41, 5.74) is 1.85. The molecule has 3 nitrogen and oxygen atoms in total. The summed E-state index contributed by atoms with van der Waals surface area (Å²) in [5.74, 6) is 0.0491. The average Bonchev–Trinajstić information content (AvgIpc) is 2.97. The number of ketones is 1. The molecule has 2 aromatic rings. The molecule has 0 saturated heterocycles. The van der Waals surface area contributed by atoms with Crippen molar-refractivity contribution in [3.8, 4) is 0 Å². The Balaban J connectivity index is 1.77. The molecule has 1 N–H and O–H groups in total. The normalized spacial score (nSPS) is 10.4. The van der Waals surface area contributed by atoms with Gasteiger partial charge in [0.15, 0.2) is 5.78 Å². The first kappa shape index (κ1) is 15.9. The number of hydrogen-bond acceptors (Lipinski definition) is 3. The minimum atomic E-state index is -0.0595. The van der Waals surface area contributed by atoms with E-state index in [0.717, 1.165) is 20.6 Å². The summed E-state index contributed by atoms with van der Waals surface area (Å²) in [7, 11) is 0. The molecular formula is C16H16BrNO2S. The molecule has 0 atom stereocenters. The Labute approximate surface area is 136 Å². The van der Waals surface area contributed by atoms with Crippen molar-refractivity contribution >= 4 is 44.6 Å². The highest BCUT2D eigenvalue weighted by Gasteiger charge is 2.09. The van der Waals surface area contributed by atoms with Crippen molar-refractivity contribution in [2.24, 2.45) is 0 Å². The number of anilines is 1. The van der Waals surface area contributed by atoms with Gasteiger partial charge in [-0.15, -0.1) is 11.3 Å². The van der Waals surface area contributed by atoms with Crippen molar-refractivity contribution in [1.82, 2.24) is 0 Å². The molecular weight excluding hydrogens is 350 g/mol. The molecule has 0 aliphatic rings. The summed E-state index contributed by atoms with van der Waals surface area (Å²) in [6.45, 7) is 1.97. The molecule has 110 valence electrons. The van der Waals surface area contributed by atoms with Crippen LogP contribution in [0.1, 0.15) is 34.5 Å². The van der Waals surface area contributed by atoms with Crippen LogP contribution in [0, 0.1) is 6.92 Å². The lowest BCUT2D eigenvalue weighted by Gasteiger charge is -2.07. The van der Waals surface area contributed by atoms with Crippen molar-refractivity contribution in [3.63, 3.8) is 0 Å². The van der Waals surface area contributed by atoms with E-state index in [1.165, 1.54) is 11.3 Å². The highest BCUT2D eigenvalue weighted by molar-refractivity contribution is 9.10. The van der Waals surface area contributed by atoms with Crippen molar-refractivity contribution in [2.75, 3.05) is 5.32 Å². The summed E-state index contributed by atoms with van der Waals surface area (Å²) in [6, 6.07) is 9.36. The fraction of sp³-hybridized carbons (Fsp3) is 0.250. The number of benzene rings is 1. The Morgan fingerprint density at radius 2 is 2.05 bits per heavy atom. The monoisotopic (exact) mass is 365 g/mol. The van der Waals surface area contributed by atoms with E-state index in [1.54, 1.807) is 0 Å². The van der Waals surface area contributed by atoms with Crippen molar-refractivity contribution in [3.05, 3.63) is 50.6 Å². The third-order valence-electron chi connectivity index (χ3n) is 3.05. The maximum absolute atomic E-state index is 11.8. The fourth-order valence-corrected chi connectivity index (χ4v) is 2.86. The maximum Gasteiger partial charge on any atom is 0.224 e. The second kappa shape index (κ2) is 7.52. The molecule has 0 fully saturated rings. The lowest BCUT2D eigenvalue weighted by Crippen LogP contribution is -2.12. The first-order chi connectivity index (χ1) is 10.1. The summed E-state index contributed by atoms with van der Waals surface area (Å²) < 4.78 is 1.02. The summed E-state index contributed by atoms with van der Waals surface area (Å²) in [5, 5.41) is 4.73. The zero-order valence-electron chi connectivity index (χ0n) is 11.7. The van der Waals surface area contributed by atoms with Crippen LogP contribution in [-0.2, 0) is 4.79 Å². The second-order valence-corrected chi connectivity index (χ2v) is 6.57. The van der Waals surface area contributed by atoms with Gasteiger partial charge in [0.1, 0.15) is 0 Å². The number of thiophene rings is 1. The molecule has 0 radical (unpaired) electrons. The molecule has 2 rings (SSSR count). The van der Waals surface area contributed by atoms with Crippen LogP contribution in [0.5, 0.6) is 0 Å². The van der Waals surface area contributed by atoms with E-state index >= 15 is 0 Å². The van der Waals surface area contributed by atoms with Gasteiger partial charge in [-0.05, 0) is 48.6 Å². The standard InChI is InChI=1S/C16H16BrNO2S/c1-11-10-12(7-8-13(11)17)18-16(20)6-2-4-14(19)15-5-3-9-21-15/h3,5,7-10H,2,4,6H2,1H3,(H,18,20). The van der Waals surface area contributed by atoms with E-state index in [0.29, 0.717) is 19.3 Å². The van der Waals surface area contributed by atoms with Gasteiger partial charge < -0.3 is 5.32 Å². The molecule has 0 aliphatic carbocycles. The van der Waals surface area contributed by atoms with Crippen LogP contribution in [0.15, 0.2) is 40.2 Å². The van der Waals surface area contributed by atoms with Gasteiger partial charge in [-0.25, -0.2) is 0 Å². The van der Waals surface area contributed by atoms with Crippen LogP contribution in [0.4, 0.5) is 5.69 Å². The smallest absolute Gasteiger partial charge is 0.224 e. The molecule has 5 heteroatoms. The first-order valence-electron chi connectivity index (χ1n) is 6.69. The lowest BCUT2D eigenvalue weighted by atomic mass is 10.1. The Kier molecular flexibility index (Phi) is 5.70. The molecule has 0 unspecified atom stereocenters. The summed E-state index contributed by atoms with van der Waals surface area (Å²) >= 11 is 4.86. The zero-order chi connectivity index (χ0) is 15.2. The van der Waals surface area contributed by atoms with Crippen LogP contribution < -0.4 is 5.32 Å². The minimum absolute atomic E-state index is 0.0595. The predicted octanol–water partition coefficient (Wildman–Crippen LogP) is 4.81. The van der Waals surface area contributed by atoms with Crippen molar-refractivity contribution in [2.45, 2.75) is 26.2 Å². The molecule has 1 heterocycles. The molecule has 0 spiro atoms. The van der Waals surface area contributed by atoms with Gasteiger partial charge >= 0.3 is 0 Å². The molecule has 1 amide bonds. The molecule has 21 heavy (non-hydrogen) atoms. The molecule has 1 aromatic heterocycles. The highest BCUT2D eigenvalue weighted by Crippen LogP contribution is 2.20. The van der Waals surface area contributed by atoms with Gasteiger partial charge in [0.2, 0.25) is 5.91 Å². The highest BCUT2D eigenvalue weighted by atomic mass is 79.9. The van der Waals surface area contributed by atoms with E-state index in [9.17, 15) is 9.59 Å². The SMILES string of the molecule is Cc1cc(NC(=O)CCCC(=O)c2cccs2)ccc1Br. The number of amides is 1. The van der Waals surface area contributed by atoms with E-state index in [1.807, 2.05) is 42.6 Å². The summed E-state index contributed by atoms with van der Waals surface area (Å²) in [6.07, 6.45) is 1.33. The Hall–Kier alpha value is -1.46. The van der Waals surface area contributed by atoms with Gasteiger partial charge in [-0.3, -0.25) is 9.59 Å². The number of halogens is 1. The number of nitrogens with one attached hydrogen (secondary N) is 1. The Morgan fingerprint density at radius 3 is 2.71 bits per heavy atom. The molecule has 0 aliphatic heterocycles. The van der Waals surface area contributed by atoms with Crippen LogP contribution in [0.25, 0.3) is 0 Å². The van der Waals surface area contributed by atoms with Crippen LogP contribution in [0.3, 0.4) is 0 Å². The third kappa shape index (κ3) is 4.79. The van der Waals surface area contributed by atoms with Gasteiger partial charge in [0.25, 0.3) is 0 Å². The van der Waals surface area contributed by atoms with E-state index in [4.69, 9.17) is 0 Å². The lowest BCUT2D eigenvalue weighted by molar-refractivity contribution is -0.116. The average molecular weight is 366 g/mol. The number of rotatable bonds is 6. The quantitative estimate of drug-likeness (QED) is 0.746. The van der Waals surface area contributed by atoms with Gasteiger partial charge in [0.05, 0.1) is 4.88 Å². The van der Waals surface area contributed by atoms with E-state index in [2.05, 4.69) is 21.2 Å². The molecule has 0 saturated carbocycles. The maximum atomic E-state index is 11.8. The van der Waals surface area contributed by atoms with Crippen molar-refractivity contribution < 1.29 is 9.59 Å². The van der Waals surface area contributed by atoms with Gasteiger partial charge in [-0.1, -0.05) is 22.0 Å². The molecule has 1 aromatic carbocycles. The number of carbonyl (C=O) groups is 2. The van der Waals surface area contributed by atoms with Gasteiger partial charge in [0, 0.05) is 23.0 Å². The second-order valence-electron chi connectivity index (χ2n) is 4.77. The van der Waals surface area contributed by atoms with Crippen LogP contribution in [-0.4, -0.2) is 11.7 Å². The zero-order valence-corrected chi connectivity index (χ0v) is 14.1. The van der Waals surface area contributed by atoms with Gasteiger partial charge in [-0.2, -0.15) is 0 Å². The Morgan fingerprint density at radius 1 is 1.24 bits per heavy atom. The Bertz CT molecular complexity index is 638. The number of hydrogen-bond donors (Lipinski definition) is 1. The fourth-order valence-electron chi connectivity index (χ4n) is 1.92.